The van der Waals surface area contributed by atoms with Crippen LogP contribution in [-0.4, -0.2) is 192 Å². The minimum Gasteiger partial charge on any atom is -0.394 e. The normalized spacial score (nSPS) is 29.5. The van der Waals surface area contributed by atoms with Gasteiger partial charge in [0.15, 0.2) is 22.3 Å². The average Bonchev–Trinajstić information content (AvgIpc) is 1.64. The number of nitrogens with one attached hydrogen (secondary N) is 4. The third kappa shape index (κ3) is 15.9. The molecule has 12 rings (SSSR count). The fraction of sp³-hybridized carbons (Fsp3) is 0.551. The Balaban J connectivity index is 0.744. The summed E-state index contributed by atoms with van der Waals surface area (Å²) in [6.45, 7) is -2.08. The van der Waals surface area contributed by atoms with Crippen molar-refractivity contribution in [3.63, 3.8) is 0 Å². The number of aromatic nitrogens is 14. The molecule has 7 aromatic heterocycles. The van der Waals surface area contributed by atoms with E-state index in [1.54, 1.807) is 0 Å². The molecular formula is C49H63N17O30P4. The zero-order valence-corrected chi connectivity index (χ0v) is 55.2. The summed E-state index contributed by atoms with van der Waals surface area (Å²) < 4.78 is 134. The van der Waals surface area contributed by atoms with E-state index in [9.17, 15) is 81.6 Å². The van der Waals surface area contributed by atoms with Gasteiger partial charge >= 0.3 is 48.4 Å². The molecular weight excluding hydrogens is 1430 g/mol. The number of phosphoric acid groups is 4. The van der Waals surface area contributed by atoms with Crippen molar-refractivity contribution in [2.45, 2.75) is 138 Å². The second-order valence-corrected chi connectivity index (χ2v) is 28.9. The van der Waals surface area contributed by atoms with Crippen LogP contribution in [0.5, 0.6) is 0 Å². The number of nitrogens with two attached hydrogens (primary N) is 3. The summed E-state index contributed by atoms with van der Waals surface area (Å²) in [5.74, 6) is -0.738. The molecule has 100 heavy (non-hydrogen) atoms. The minimum atomic E-state index is -5.56. The third-order valence-electron chi connectivity index (χ3n) is 16.4. The van der Waals surface area contributed by atoms with Crippen LogP contribution in [0, 0.1) is 13.8 Å². The van der Waals surface area contributed by atoms with Gasteiger partial charge in [0.05, 0.1) is 51.8 Å². The van der Waals surface area contributed by atoms with Gasteiger partial charge in [0.2, 0.25) is 11.9 Å². The largest absolute Gasteiger partial charge is 0.472 e. The lowest BCUT2D eigenvalue weighted by Gasteiger charge is -2.25. The minimum absolute atomic E-state index is 0.00107. The van der Waals surface area contributed by atoms with Gasteiger partial charge in [-0.1, -0.05) is 0 Å². The van der Waals surface area contributed by atoms with Crippen LogP contribution in [0.25, 0.3) is 22.3 Å². The quantitative estimate of drug-likeness (QED) is 0.0237. The number of hydrogen-bond acceptors (Lipinski definition) is 34. The number of imidazole rings is 2. The van der Waals surface area contributed by atoms with E-state index in [1.165, 1.54) is 37.0 Å². The fourth-order valence-corrected chi connectivity index (χ4v) is 15.4. The predicted octanol–water partition coefficient (Wildman–Crippen LogP) is -3.23. The molecule has 5 aliphatic heterocycles. The number of H-pyrrole nitrogens is 4. The highest BCUT2D eigenvalue weighted by molar-refractivity contribution is 7.48. The summed E-state index contributed by atoms with van der Waals surface area (Å²) in [6, 6.07) is 1.28. The van der Waals surface area contributed by atoms with E-state index in [1.807, 2.05) is 0 Å². The third-order valence-corrected chi connectivity index (χ3v) is 20.4. The highest BCUT2D eigenvalue weighted by Gasteiger charge is 2.50. The first-order chi connectivity index (χ1) is 47.2. The number of fused-ring (bicyclic) bond motifs is 2. The SMILES string of the molecule is Cc1cn([C@H]2C[C@H](OP(=O)(O)OC[C@H]3O[C@@H](n4cnc5c(=O)[nH]c(N)nc54)C[C@@H]3OP(=O)(O)OC[C@H]3O[C@@H](n4cc(C)c(=O)[nH]c4=O)C[C@@H]3OP(=O)(O)OC[C@H]3O[C@@H](n4cnc5c(=O)[nH]c(N)nc54)C[C@@H]3O)[C@@H](COP(=O)(O)O[C@H]3C[C@H](n4ccc(N)nc4=O)O[C@@H]3CO)O2)c(=O)[nH]c1=O. The summed E-state index contributed by atoms with van der Waals surface area (Å²) in [5.41, 5.74) is 10.7. The Hall–Kier alpha value is -7.50. The Morgan fingerprint density at radius 2 is 0.840 bits per heavy atom. The molecule has 47 nitrogen and oxygen atoms in total. The second kappa shape index (κ2) is 28.4. The molecule has 0 spiro atoms. The number of rotatable bonds is 26. The van der Waals surface area contributed by atoms with Gasteiger partial charge < -0.3 is 70.7 Å². The van der Waals surface area contributed by atoms with Gasteiger partial charge in [-0.05, 0) is 19.9 Å². The van der Waals surface area contributed by atoms with Crippen LogP contribution < -0.4 is 56.5 Å². The van der Waals surface area contributed by atoms with Gasteiger partial charge in [0, 0.05) is 61.8 Å². The summed E-state index contributed by atoms with van der Waals surface area (Å²) >= 11 is 0. The number of nitrogen functional groups attached to an aromatic ring is 3. The maximum atomic E-state index is 14.2. The van der Waals surface area contributed by atoms with E-state index >= 15 is 0 Å². The number of aliphatic hydroxyl groups is 2. The number of aliphatic hydroxyl groups excluding tert-OH is 2. The predicted molar refractivity (Wildman–Crippen MR) is 328 cm³/mol. The molecule has 0 aliphatic carbocycles. The molecule has 5 saturated heterocycles. The molecule has 12 heterocycles. The summed E-state index contributed by atoms with van der Waals surface area (Å²) in [6.07, 6.45) is -18.5. The average molecular weight is 1490 g/mol. The molecule has 19 atom stereocenters. The molecule has 544 valence electrons. The molecule has 0 amide bonds. The van der Waals surface area contributed by atoms with Crippen LogP contribution in [0.2, 0.25) is 0 Å². The monoisotopic (exact) mass is 1490 g/mol. The van der Waals surface area contributed by atoms with Gasteiger partial charge in [-0.3, -0.25) is 98.1 Å². The van der Waals surface area contributed by atoms with Crippen molar-refractivity contribution in [1.82, 2.24) is 67.7 Å². The highest BCUT2D eigenvalue weighted by atomic mass is 31.2. The molecule has 4 unspecified atom stereocenters. The van der Waals surface area contributed by atoms with Crippen molar-refractivity contribution in [2.24, 2.45) is 0 Å². The first-order valence-electron chi connectivity index (χ1n) is 29.8. The first-order valence-corrected chi connectivity index (χ1v) is 35.8. The first kappa shape index (κ1) is 72.3. The number of aromatic amines is 4. The summed E-state index contributed by atoms with van der Waals surface area (Å²) in [4.78, 5) is 162. The fourth-order valence-electron chi connectivity index (χ4n) is 11.6. The number of anilines is 3. The van der Waals surface area contributed by atoms with E-state index in [2.05, 4.69) is 44.9 Å². The molecule has 7 aromatic rings. The van der Waals surface area contributed by atoms with E-state index in [4.69, 9.17) is 77.1 Å². The van der Waals surface area contributed by atoms with Gasteiger partial charge in [-0.2, -0.15) is 15.0 Å². The Kier molecular flexibility index (Phi) is 20.5. The van der Waals surface area contributed by atoms with Crippen LogP contribution >= 0.6 is 31.3 Å². The lowest BCUT2D eigenvalue weighted by atomic mass is 10.2. The topological polar surface area (TPSA) is 659 Å². The van der Waals surface area contributed by atoms with Gasteiger partial charge in [0.25, 0.3) is 22.2 Å². The number of phosphoric ester groups is 4. The van der Waals surface area contributed by atoms with Crippen molar-refractivity contribution < 1.29 is 108 Å². The van der Waals surface area contributed by atoms with Gasteiger partial charge in [-0.25, -0.2) is 42.6 Å². The second-order valence-electron chi connectivity index (χ2n) is 23.3. The van der Waals surface area contributed by atoms with Crippen molar-refractivity contribution in [2.75, 3.05) is 50.2 Å². The summed E-state index contributed by atoms with van der Waals surface area (Å²) in [7, 11) is -21.7. The zero-order valence-electron chi connectivity index (χ0n) is 51.7. The molecule has 0 aromatic carbocycles. The molecule has 5 aliphatic rings. The van der Waals surface area contributed by atoms with E-state index in [-0.39, 0.29) is 64.0 Å². The van der Waals surface area contributed by atoms with E-state index in [0.717, 1.165) is 37.0 Å². The van der Waals surface area contributed by atoms with Crippen LogP contribution in [0.3, 0.4) is 0 Å². The molecule has 16 N–H and O–H groups in total. The van der Waals surface area contributed by atoms with Crippen LogP contribution in [0.15, 0.2) is 70.9 Å². The van der Waals surface area contributed by atoms with Gasteiger partial charge in [0.1, 0.15) is 91.9 Å². The van der Waals surface area contributed by atoms with E-state index < -0.39 is 215 Å². The van der Waals surface area contributed by atoms with Gasteiger partial charge in [-0.15, -0.1) is 0 Å². The van der Waals surface area contributed by atoms with Crippen LogP contribution in [0.4, 0.5) is 17.7 Å². The molecule has 0 radical (unpaired) electrons. The number of hydrogen-bond donors (Lipinski definition) is 13. The van der Waals surface area contributed by atoms with Crippen molar-refractivity contribution >= 4 is 71.3 Å². The standard InChI is InChI=1S/C49H63N17O30P4/c1-19-10-63(48(74)60-41(19)69)34-7-23(94-97(76,77)84-13-27-21(68)5-32(89-27)65-17-53-37-39(65)56-45(51)58-43(37)71)29(91-34)15-86-100(82,83)96-25-9-36(66-18-54-38-40(66)57-46(52)59-44(38)72)92-30(25)16-87-99(80,81)95-24-8-35(64-11-20(2)42(70)61-49(64)75)90-28(24)14-85-98(78,79)93-22-6-33(88-26(22)12-67)62-4-3-31(50)55-47(62)73/h3-4,10-11,17-18,21-30,32-36,67-68H,5-9,12-16H2,1-2H3,(H,76,77)(H,78,79)(H,80,81)(H,82,83)(H2,50,55,73)(H,60,69,74)(H,61,70,75)(H3,51,56,58,71)(H3,52,57,59,72)/t21-,22-,23-,24-,25-,26+,27+,28+,29+,30+,32+,33+,34+,35+,36+/m0/s1. The number of nitrogens with zero attached hydrogens (tertiary/aromatic N) is 10. The van der Waals surface area contributed by atoms with E-state index in [0.29, 0.717) is 0 Å². The Morgan fingerprint density at radius 1 is 0.490 bits per heavy atom. The number of ether oxygens (including phenoxy) is 5. The van der Waals surface area contributed by atoms with Crippen LogP contribution in [0.1, 0.15) is 74.4 Å². The van der Waals surface area contributed by atoms with Crippen molar-refractivity contribution in [1.29, 1.82) is 0 Å². The highest BCUT2D eigenvalue weighted by Crippen LogP contribution is 2.55. The summed E-state index contributed by atoms with van der Waals surface area (Å²) in [5, 5.41) is 21.0. The van der Waals surface area contributed by atoms with Crippen molar-refractivity contribution in [3.8, 4) is 0 Å². The Labute approximate surface area is 555 Å². The number of aryl methyl sites for hydroxylation is 2. The van der Waals surface area contributed by atoms with Crippen molar-refractivity contribution in [3.05, 3.63) is 121 Å². The molecule has 51 heteroatoms. The molecule has 0 bridgehead atoms. The smallest absolute Gasteiger partial charge is 0.394 e. The molecule has 5 fully saturated rings. The maximum Gasteiger partial charge on any atom is 0.472 e. The maximum absolute atomic E-state index is 14.2. The molecule has 0 saturated carbocycles. The lowest BCUT2D eigenvalue weighted by molar-refractivity contribution is -0.0643. The zero-order chi connectivity index (χ0) is 71.7. The Bertz CT molecular complexity index is 4900. The Morgan fingerprint density at radius 3 is 1.24 bits per heavy atom. The van der Waals surface area contributed by atoms with Crippen LogP contribution in [-0.2, 0) is 78.1 Å². The lowest BCUT2D eigenvalue weighted by Crippen LogP contribution is -2.33.